The van der Waals surface area contributed by atoms with E-state index in [9.17, 15) is 14.4 Å². The van der Waals surface area contributed by atoms with E-state index in [0.717, 1.165) is 0 Å². The van der Waals surface area contributed by atoms with Crippen molar-refractivity contribution in [3.05, 3.63) is 60.2 Å². The Balaban J connectivity index is 1.84. The van der Waals surface area contributed by atoms with Gasteiger partial charge in [0, 0.05) is 25.0 Å². The van der Waals surface area contributed by atoms with Crippen molar-refractivity contribution in [1.82, 2.24) is 25.6 Å². The third-order valence-electron chi connectivity index (χ3n) is 3.66. The zero-order valence-corrected chi connectivity index (χ0v) is 13.9. The molecule has 0 saturated heterocycles. The Labute approximate surface area is 152 Å². The van der Waals surface area contributed by atoms with E-state index < -0.39 is 23.6 Å². The fourth-order valence-electron chi connectivity index (χ4n) is 2.37. The first-order valence-electron chi connectivity index (χ1n) is 7.83. The van der Waals surface area contributed by atoms with Crippen molar-refractivity contribution in [3.8, 4) is 11.4 Å². The molecule has 0 spiro atoms. The van der Waals surface area contributed by atoms with Gasteiger partial charge in [0.15, 0.2) is 5.69 Å². The van der Waals surface area contributed by atoms with Gasteiger partial charge >= 0.3 is 0 Å². The van der Waals surface area contributed by atoms with Crippen molar-refractivity contribution in [2.45, 2.75) is 12.5 Å². The highest BCUT2D eigenvalue weighted by Gasteiger charge is 2.29. The van der Waals surface area contributed by atoms with E-state index in [1.54, 1.807) is 30.3 Å². The molecule has 1 atom stereocenters. The van der Waals surface area contributed by atoms with Gasteiger partial charge in [-0.1, -0.05) is 6.07 Å². The van der Waals surface area contributed by atoms with Crippen LogP contribution in [0.15, 0.2) is 53.6 Å². The first-order valence-corrected chi connectivity index (χ1v) is 7.83. The summed E-state index contributed by atoms with van der Waals surface area (Å²) in [6, 6.07) is 7.17. The second-order valence-corrected chi connectivity index (χ2v) is 5.49. The third-order valence-corrected chi connectivity index (χ3v) is 3.66. The number of amides is 2. The van der Waals surface area contributed by atoms with Gasteiger partial charge in [0.25, 0.3) is 11.8 Å². The molecule has 0 aliphatic heterocycles. The molecule has 0 aliphatic carbocycles. The van der Waals surface area contributed by atoms with Gasteiger partial charge in [0.1, 0.15) is 6.04 Å². The Morgan fingerprint density at radius 3 is 2.52 bits per heavy atom. The predicted octanol–water partition coefficient (Wildman–Crippen LogP) is -0.0779. The summed E-state index contributed by atoms with van der Waals surface area (Å²) in [5, 5.41) is 9.72. The molecule has 10 nitrogen and oxygen atoms in total. The van der Waals surface area contributed by atoms with Gasteiger partial charge in [-0.15, -0.1) is 0 Å². The maximum absolute atomic E-state index is 12.6. The highest BCUT2D eigenvalue weighted by Crippen LogP contribution is 2.17. The number of hydrogen-bond donors (Lipinski definition) is 2. The van der Waals surface area contributed by atoms with Crippen molar-refractivity contribution in [3.63, 3.8) is 0 Å². The number of rotatable bonds is 7. The molecule has 0 bridgehead atoms. The van der Waals surface area contributed by atoms with Crippen molar-refractivity contribution < 1.29 is 19.0 Å². The SMILES string of the molecule is NC(=O)C(=O)C(Cc1ccncc1)NC(=O)c1nonc1-c1ccccn1. The average Bonchev–Trinajstić information content (AvgIpc) is 3.18. The van der Waals surface area contributed by atoms with Crippen molar-refractivity contribution in [2.75, 3.05) is 0 Å². The third kappa shape index (κ3) is 4.18. The fraction of sp³-hybridized carbons (Fsp3) is 0.118. The molecule has 27 heavy (non-hydrogen) atoms. The van der Waals surface area contributed by atoms with Crippen LogP contribution in [0.2, 0.25) is 0 Å². The molecular weight excluding hydrogens is 352 g/mol. The number of ketones is 1. The first kappa shape index (κ1) is 17.9. The molecule has 3 aromatic heterocycles. The van der Waals surface area contributed by atoms with Gasteiger partial charge in [-0.2, -0.15) is 0 Å². The molecule has 0 radical (unpaired) electrons. The molecule has 10 heteroatoms. The van der Waals surface area contributed by atoms with Crippen LogP contribution in [0.3, 0.4) is 0 Å². The second-order valence-electron chi connectivity index (χ2n) is 5.49. The van der Waals surface area contributed by atoms with E-state index in [-0.39, 0.29) is 17.8 Å². The van der Waals surface area contributed by atoms with Crippen molar-refractivity contribution in [1.29, 1.82) is 0 Å². The van der Waals surface area contributed by atoms with Crippen LogP contribution < -0.4 is 11.1 Å². The van der Waals surface area contributed by atoms with E-state index in [0.29, 0.717) is 11.3 Å². The minimum atomic E-state index is -1.18. The van der Waals surface area contributed by atoms with Gasteiger partial charge in [-0.25, -0.2) is 4.63 Å². The predicted molar refractivity (Wildman–Crippen MR) is 90.9 cm³/mol. The standard InChI is InChI=1S/C17H14N6O4/c18-16(25)15(24)12(9-10-4-7-19-8-5-10)21-17(26)14-13(22-27-23-14)11-3-1-2-6-20-11/h1-8,12H,9H2,(H2,18,25)(H,21,26). The van der Waals surface area contributed by atoms with Crippen LogP contribution in [0.5, 0.6) is 0 Å². The number of carbonyl (C=O) groups is 3. The summed E-state index contributed by atoms with van der Waals surface area (Å²) in [6.45, 7) is 0. The summed E-state index contributed by atoms with van der Waals surface area (Å²) >= 11 is 0. The maximum atomic E-state index is 12.6. The molecule has 0 fully saturated rings. The summed E-state index contributed by atoms with van der Waals surface area (Å²) in [7, 11) is 0. The molecule has 1 unspecified atom stereocenters. The Bertz CT molecular complexity index is 958. The van der Waals surface area contributed by atoms with Gasteiger partial charge in [0.05, 0.1) is 5.69 Å². The highest BCUT2D eigenvalue weighted by atomic mass is 16.6. The number of nitrogens with one attached hydrogen (secondary N) is 1. The molecule has 3 aromatic rings. The maximum Gasteiger partial charge on any atom is 0.287 e. The lowest BCUT2D eigenvalue weighted by atomic mass is 10.0. The highest BCUT2D eigenvalue weighted by molar-refractivity contribution is 6.38. The van der Waals surface area contributed by atoms with E-state index in [1.165, 1.54) is 18.6 Å². The van der Waals surface area contributed by atoms with Gasteiger partial charge < -0.3 is 11.1 Å². The van der Waals surface area contributed by atoms with Crippen LogP contribution in [0.4, 0.5) is 0 Å². The minimum absolute atomic E-state index is 0.0558. The molecule has 3 heterocycles. The second kappa shape index (κ2) is 7.95. The smallest absolute Gasteiger partial charge is 0.287 e. The summed E-state index contributed by atoms with van der Waals surface area (Å²) in [5.41, 5.74) is 6.11. The Hall–Kier alpha value is -3.95. The molecule has 136 valence electrons. The zero-order valence-electron chi connectivity index (χ0n) is 13.9. The van der Waals surface area contributed by atoms with Crippen LogP contribution in [-0.2, 0) is 16.0 Å². The number of aromatic nitrogens is 4. The molecule has 0 aromatic carbocycles. The molecular formula is C17H14N6O4. The fourth-order valence-corrected chi connectivity index (χ4v) is 2.37. The van der Waals surface area contributed by atoms with Crippen LogP contribution in [0.25, 0.3) is 11.4 Å². The van der Waals surface area contributed by atoms with Crippen LogP contribution >= 0.6 is 0 Å². The molecule has 2 amide bonds. The number of Topliss-reactive ketones (excluding diaryl/α,β-unsaturated/α-hetero) is 1. The Kier molecular flexibility index (Phi) is 5.26. The number of hydrogen-bond acceptors (Lipinski definition) is 8. The Morgan fingerprint density at radius 1 is 1.07 bits per heavy atom. The lowest BCUT2D eigenvalue weighted by Gasteiger charge is -2.15. The molecule has 3 rings (SSSR count). The van der Waals surface area contributed by atoms with Crippen LogP contribution in [0, 0.1) is 0 Å². The Morgan fingerprint density at radius 2 is 1.85 bits per heavy atom. The van der Waals surface area contributed by atoms with Crippen LogP contribution in [-0.4, -0.2) is 43.9 Å². The number of nitrogens with zero attached hydrogens (tertiary/aromatic N) is 4. The zero-order chi connectivity index (χ0) is 19.2. The van der Waals surface area contributed by atoms with E-state index in [2.05, 4.69) is 30.2 Å². The summed E-state index contributed by atoms with van der Waals surface area (Å²) in [6.07, 6.45) is 4.64. The summed E-state index contributed by atoms with van der Waals surface area (Å²) in [5.74, 6) is -2.83. The van der Waals surface area contributed by atoms with Gasteiger partial charge in [-0.3, -0.25) is 24.4 Å². The quantitative estimate of drug-likeness (QED) is 0.550. The topological polar surface area (TPSA) is 154 Å². The lowest BCUT2D eigenvalue weighted by molar-refractivity contribution is -0.137. The summed E-state index contributed by atoms with van der Waals surface area (Å²) in [4.78, 5) is 44.0. The van der Waals surface area contributed by atoms with Gasteiger partial charge in [-0.05, 0) is 40.1 Å². The van der Waals surface area contributed by atoms with E-state index >= 15 is 0 Å². The normalized spacial score (nSPS) is 11.6. The number of nitrogens with two attached hydrogens (primary N) is 1. The number of pyridine rings is 2. The number of primary amides is 1. The lowest BCUT2D eigenvalue weighted by Crippen LogP contribution is -2.47. The van der Waals surface area contributed by atoms with E-state index in [4.69, 9.17) is 5.73 Å². The first-order chi connectivity index (χ1) is 13.1. The van der Waals surface area contributed by atoms with Crippen molar-refractivity contribution >= 4 is 17.6 Å². The van der Waals surface area contributed by atoms with Crippen LogP contribution in [0.1, 0.15) is 16.1 Å². The van der Waals surface area contributed by atoms with Gasteiger partial charge in [0.2, 0.25) is 11.5 Å². The number of carbonyl (C=O) groups excluding carboxylic acids is 3. The average molecular weight is 366 g/mol. The minimum Gasteiger partial charge on any atom is -0.363 e. The molecule has 3 N–H and O–H groups in total. The molecule has 0 saturated carbocycles. The molecule has 0 aliphatic rings. The monoisotopic (exact) mass is 366 g/mol. The van der Waals surface area contributed by atoms with E-state index in [1.807, 2.05) is 0 Å². The van der Waals surface area contributed by atoms with Crippen molar-refractivity contribution in [2.24, 2.45) is 5.73 Å². The largest absolute Gasteiger partial charge is 0.363 e. The summed E-state index contributed by atoms with van der Waals surface area (Å²) < 4.78 is 4.64.